The normalized spacial score (nSPS) is 16.4. The summed E-state index contributed by atoms with van der Waals surface area (Å²) >= 11 is 0. The Morgan fingerprint density at radius 1 is 0.902 bits per heavy atom. The van der Waals surface area contributed by atoms with Crippen molar-refractivity contribution in [3.63, 3.8) is 0 Å². The first-order valence-electron chi connectivity index (χ1n) is 13.1. The quantitative estimate of drug-likeness (QED) is 0.0903. The minimum Gasteiger partial charge on any atom is -0.481 e. The van der Waals surface area contributed by atoms with Crippen LogP contribution in [0, 0.1) is 15.5 Å². The van der Waals surface area contributed by atoms with Gasteiger partial charge >= 0.3 is 23.9 Å². The number of nitrogens with zero attached hydrogens (tertiary/aromatic N) is 3. The van der Waals surface area contributed by atoms with Gasteiger partial charge in [0, 0.05) is 25.1 Å². The Morgan fingerprint density at radius 3 is 1.85 bits per heavy atom. The van der Waals surface area contributed by atoms with E-state index in [1.807, 2.05) is 0 Å². The maximum absolute atomic E-state index is 13.5. The number of hydrogen-bond acceptors (Lipinski definition) is 9. The predicted molar refractivity (Wildman–Crippen MR) is 140 cm³/mol. The van der Waals surface area contributed by atoms with E-state index in [0.717, 1.165) is 5.56 Å². The van der Waals surface area contributed by atoms with Crippen molar-refractivity contribution in [2.24, 2.45) is 5.41 Å². The van der Waals surface area contributed by atoms with Crippen LogP contribution in [0.5, 0.6) is 0 Å². The van der Waals surface area contributed by atoms with Crippen LogP contribution >= 0.6 is 0 Å². The van der Waals surface area contributed by atoms with E-state index in [4.69, 9.17) is 5.11 Å². The molecule has 0 saturated carbocycles. The molecule has 0 aliphatic carbocycles. The first-order chi connectivity index (χ1) is 19.3. The minimum absolute atomic E-state index is 0.0396. The SMILES string of the molecule is CCC1(CC)C(=O)N(C(CCCCNCc2ccc([N+](=O)[O-])cc2)C(=O)O)C(=O)N([C@@H](CCC(=O)O)C(=O)O)C1=O. The minimum atomic E-state index is -1.91. The average Bonchev–Trinajstić information content (AvgIpc) is 2.91. The van der Waals surface area contributed by atoms with Crippen LogP contribution in [-0.4, -0.2) is 84.4 Å². The number of carbonyl (C=O) groups excluding carboxylic acids is 3. The molecule has 1 aliphatic rings. The fourth-order valence-corrected chi connectivity index (χ4v) is 4.79. The second-order valence-corrected chi connectivity index (χ2v) is 9.66. The maximum atomic E-state index is 13.5. The molecule has 1 aliphatic heterocycles. The van der Waals surface area contributed by atoms with Gasteiger partial charge in [-0.1, -0.05) is 26.0 Å². The Balaban J connectivity index is 2.19. The van der Waals surface area contributed by atoms with Crippen LogP contribution in [0.1, 0.15) is 64.4 Å². The van der Waals surface area contributed by atoms with E-state index in [2.05, 4.69) is 5.32 Å². The number of nitro groups is 1. The van der Waals surface area contributed by atoms with Crippen molar-refractivity contribution in [2.75, 3.05) is 6.54 Å². The summed E-state index contributed by atoms with van der Waals surface area (Å²) in [6.07, 6.45) is -1.07. The van der Waals surface area contributed by atoms with Crippen molar-refractivity contribution in [1.29, 1.82) is 0 Å². The zero-order valence-electron chi connectivity index (χ0n) is 22.8. The number of carboxylic acid groups (broad SMARTS) is 3. The molecule has 4 amide bonds. The fourth-order valence-electron chi connectivity index (χ4n) is 4.79. The molecule has 41 heavy (non-hydrogen) atoms. The van der Waals surface area contributed by atoms with Gasteiger partial charge in [-0.15, -0.1) is 0 Å². The number of nitrogens with one attached hydrogen (secondary N) is 1. The van der Waals surface area contributed by atoms with Gasteiger partial charge in [0.05, 0.1) is 4.92 Å². The number of barbiturate groups is 1. The van der Waals surface area contributed by atoms with E-state index in [0.29, 0.717) is 29.3 Å². The number of carbonyl (C=O) groups is 6. The first-order valence-corrected chi connectivity index (χ1v) is 13.1. The third kappa shape index (κ3) is 7.42. The van der Waals surface area contributed by atoms with Crippen LogP contribution in [-0.2, 0) is 30.5 Å². The summed E-state index contributed by atoms with van der Waals surface area (Å²) in [7, 11) is 0. The Hall–Kier alpha value is -4.40. The molecule has 2 rings (SSSR count). The smallest absolute Gasteiger partial charge is 0.335 e. The zero-order chi connectivity index (χ0) is 30.9. The molecule has 1 heterocycles. The summed E-state index contributed by atoms with van der Waals surface area (Å²) in [5.41, 5.74) is -1.13. The molecule has 15 nitrogen and oxygen atoms in total. The van der Waals surface area contributed by atoms with E-state index in [9.17, 15) is 49.1 Å². The van der Waals surface area contributed by atoms with E-state index in [1.165, 1.54) is 26.0 Å². The van der Waals surface area contributed by atoms with Gasteiger partial charge < -0.3 is 20.6 Å². The standard InChI is InChI=1S/C26H34N4O11/c1-3-26(4-2)23(37)28(25(39)29(24(26)38)19(22(35)36)12-13-20(31)32)18(21(33)34)7-5-6-14-27-15-16-8-10-17(11-9-16)30(40)41/h8-11,18-19,27H,3-7,12-15H2,1-2H3,(H,31,32)(H,33,34)(H,35,36)/t18?,19-/m0/s1. The number of rotatable bonds is 17. The van der Waals surface area contributed by atoms with Crippen molar-refractivity contribution < 1.29 is 49.0 Å². The predicted octanol–water partition coefficient (Wildman–Crippen LogP) is 2.22. The number of imide groups is 2. The van der Waals surface area contributed by atoms with Crippen molar-refractivity contribution in [3.8, 4) is 0 Å². The Bertz CT molecular complexity index is 1180. The van der Waals surface area contributed by atoms with E-state index in [-0.39, 0.29) is 31.4 Å². The second-order valence-electron chi connectivity index (χ2n) is 9.66. The molecule has 4 N–H and O–H groups in total. The molecule has 1 saturated heterocycles. The van der Waals surface area contributed by atoms with Gasteiger partial charge in [-0.25, -0.2) is 24.2 Å². The number of amides is 4. The molecule has 15 heteroatoms. The molecular weight excluding hydrogens is 544 g/mol. The highest BCUT2D eigenvalue weighted by atomic mass is 16.6. The summed E-state index contributed by atoms with van der Waals surface area (Å²) in [5, 5.41) is 42.6. The molecule has 224 valence electrons. The lowest BCUT2D eigenvalue weighted by Crippen LogP contribution is -2.70. The van der Waals surface area contributed by atoms with Gasteiger partial charge in [-0.2, -0.15) is 0 Å². The monoisotopic (exact) mass is 578 g/mol. The molecule has 2 atom stereocenters. The van der Waals surface area contributed by atoms with Crippen molar-refractivity contribution in [1.82, 2.24) is 15.1 Å². The van der Waals surface area contributed by atoms with Gasteiger partial charge in [-0.3, -0.25) is 24.5 Å². The highest BCUT2D eigenvalue weighted by Crippen LogP contribution is 2.39. The first kappa shape index (κ1) is 32.8. The lowest BCUT2D eigenvalue weighted by Gasteiger charge is -2.46. The Labute approximate surface area is 235 Å². The van der Waals surface area contributed by atoms with Crippen LogP contribution < -0.4 is 5.32 Å². The zero-order valence-corrected chi connectivity index (χ0v) is 22.8. The summed E-state index contributed by atoms with van der Waals surface area (Å²) in [6.45, 7) is 3.79. The third-order valence-electron chi connectivity index (χ3n) is 7.26. The van der Waals surface area contributed by atoms with E-state index >= 15 is 0 Å². The Kier molecular flexibility index (Phi) is 11.4. The number of carboxylic acids is 3. The van der Waals surface area contributed by atoms with Crippen molar-refractivity contribution in [3.05, 3.63) is 39.9 Å². The summed E-state index contributed by atoms with van der Waals surface area (Å²) in [4.78, 5) is 86.8. The number of urea groups is 1. The fraction of sp³-hybridized carbons (Fsp3) is 0.538. The van der Waals surface area contributed by atoms with Crippen LogP contribution in [0.2, 0.25) is 0 Å². The van der Waals surface area contributed by atoms with E-state index < -0.39 is 71.0 Å². The van der Waals surface area contributed by atoms with Crippen molar-refractivity contribution >= 4 is 41.4 Å². The largest absolute Gasteiger partial charge is 0.481 e. The van der Waals surface area contributed by atoms with Gasteiger partial charge in [0.25, 0.3) is 5.69 Å². The summed E-state index contributed by atoms with van der Waals surface area (Å²) in [5.74, 6) is -6.65. The maximum Gasteiger partial charge on any atom is 0.335 e. The third-order valence-corrected chi connectivity index (χ3v) is 7.26. The highest BCUT2D eigenvalue weighted by Gasteiger charge is 2.59. The van der Waals surface area contributed by atoms with Gasteiger partial charge in [0.15, 0.2) is 0 Å². The number of unbranched alkanes of at least 4 members (excludes halogenated alkanes) is 1. The average molecular weight is 579 g/mol. The van der Waals surface area contributed by atoms with Crippen LogP contribution in [0.4, 0.5) is 10.5 Å². The molecule has 0 aromatic heterocycles. The highest BCUT2D eigenvalue weighted by molar-refractivity contribution is 6.21. The van der Waals surface area contributed by atoms with Crippen LogP contribution in [0.25, 0.3) is 0 Å². The number of benzene rings is 1. The molecule has 0 spiro atoms. The summed E-state index contributed by atoms with van der Waals surface area (Å²) in [6, 6.07) is 0.945. The van der Waals surface area contributed by atoms with Crippen LogP contribution in [0.3, 0.4) is 0 Å². The lowest BCUT2D eigenvalue weighted by molar-refractivity contribution is -0.384. The molecule has 0 radical (unpaired) electrons. The molecule has 1 fully saturated rings. The number of aliphatic carboxylic acids is 3. The lowest BCUT2D eigenvalue weighted by atomic mass is 9.77. The molecule has 0 bridgehead atoms. The second kappa shape index (κ2) is 14.3. The van der Waals surface area contributed by atoms with E-state index in [1.54, 1.807) is 12.1 Å². The van der Waals surface area contributed by atoms with Gasteiger partial charge in [-0.05, 0) is 50.6 Å². The number of nitro benzene ring substituents is 1. The molecular formula is C26H34N4O11. The molecule has 1 aromatic carbocycles. The topological polar surface area (TPSA) is 225 Å². The number of hydrogen-bond donors (Lipinski definition) is 4. The van der Waals surface area contributed by atoms with Crippen molar-refractivity contribution in [2.45, 2.75) is 77.4 Å². The molecule has 1 unspecified atom stereocenters. The van der Waals surface area contributed by atoms with Crippen LogP contribution in [0.15, 0.2) is 24.3 Å². The Morgan fingerprint density at radius 2 is 1.41 bits per heavy atom. The summed E-state index contributed by atoms with van der Waals surface area (Å²) < 4.78 is 0. The number of non-ortho nitro benzene ring substituents is 1. The van der Waals surface area contributed by atoms with Gasteiger partial charge in [0.2, 0.25) is 11.8 Å². The molecule has 1 aromatic rings. The van der Waals surface area contributed by atoms with Gasteiger partial charge in [0.1, 0.15) is 17.5 Å².